The second kappa shape index (κ2) is 7.63. The SMILES string of the molecule is CCNC(CC1=CCCCC1)Cc1cc(C)nn1CC. The Hall–Kier alpha value is -1.09. The lowest BCUT2D eigenvalue weighted by molar-refractivity contribution is 0.483. The van der Waals surface area contributed by atoms with Crippen LogP contribution in [-0.2, 0) is 13.0 Å². The van der Waals surface area contributed by atoms with Crippen LogP contribution in [0.1, 0.15) is 57.3 Å². The predicted molar refractivity (Wildman–Crippen MR) is 85.0 cm³/mol. The topological polar surface area (TPSA) is 29.9 Å². The first-order valence-electron chi connectivity index (χ1n) is 8.17. The van der Waals surface area contributed by atoms with Gasteiger partial charge in [0.25, 0.3) is 0 Å². The average molecular weight is 275 g/mol. The van der Waals surface area contributed by atoms with Gasteiger partial charge in [-0.05, 0) is 58.6 Å². The molecular formula is C17H29N3. The Morgan fingerprint density at radius 3 is 2.80 bits per heavy atom. The van der Waals surface area contributed by atoms with Crippen LogP contribution in [0.2, 0.25) is 0 Å². The zero-order valence-corrected chi connectivity index (χ0v) is 13.3. The molecule has 1 N–H and O–H groups in total. The summed E-state index contributed by atoms with van der Waals surface area (Å²) in [5, 5.41) is 8.22. The lowest BCUT2D eigenvalue weighted by Gasteiger charge is -2.22. The number of hydrogen-bond donors (Lipinski definition) is 1. The molecule has 1 aliphatic carbocycles. The first-order valence-corrected chi connectivity index (χ1v) is 8.17. The lowest BCUT2D eigenvalue weighted by atomic mass is 9.92. The summed E-state index contributed by atoms with van der Waals surface area (Å²) in [6.45, 7) is 8.45. The van der Waals surface area contributed by atoms with Gasteiger partial charge in [0.15, 0.2) is 0 Å². The van der Waals surface area contributed by atoms with E-state index >= 15 is 0 Å². The maximum Gasteiger partial charge on any atom is 0.0596 e. The minimum absolute atomic E-state index is 0.547. The Morgan fingerprint density at radius 2 is 2.15 bits per heavy atom. The summed E-state index contributed by atoms with van der Waals surface area (Å²) in [5.41, 5.74) is 4.16. The van der Waals surface area contributed by atoms with E-state index in [1.165, 1.54) is 37.8 Å². The Bertz CT molecular complexity index is 445. The van der Waals surface area contributed by atoms with Crippen molar-refractivity contribution >= 4 is 0 Å². The molecule has 1 atom stereocenters. The van der Waals surface area contributed by atoms with E-state index in [4.69, 9.17) is 0 Å². The molecule has 0 saturated heterocycles. The Balaban J connectivity index is 2.02. The van der Waals surface area contributed by atoms with Gasteiger partial charge in [0, 0.05) is 24.7 Å². The van der Waals surface area contributed by atoms with Crippen molar-refractivity contribution in [3.8, 4) is 0 Å². The zero-order chi connectivity index (χ0) is 14.4. The molecule has 0 spiro atoms. The molecule has 3 nitrogen and oxygen atoms in total. The fourth-order valence-corrected chi connectivity index (χ4v) is 3.20. The molecule has 0 aliphatic heterocycles. The normalized spacial score (nSPS) is 17.1. The van der Waals surface area contributed by atoms with Crippen LogP contribution in [0.3, 0.4) is 0 Å². The van der Waals surface area contributed by atoms with Crippen molar-refractivity contribution in [1.29, 1.82) is 0 Å². The van der Waals surface area contributed by atoms with Gasteiger partial charge in [-0.15, -0.1) is 0 Å². The fraction of sp³-hybridized carbons (Fsp3) is 0.706. The summed E-state index contributed by atoms with van der Waals surface area (Å²) >= 11 is 0. The molecule has 1 unspecified atom stereocenters. The minimum atomic E-state index is 0.547. The highest BCUT2D eigenvalue weighted by Gasteiger charge is 2.15. The Labute approximate surface area is 123 Å². The number of rotatable bonds is 7. The average Bonchev–Trinajstić information content (AvgIpc) is 2.80. The molecule has 1 aliphatic rings. The predicted octanol–water partition coefficient (Wildman–Crippen LogP) is 3.62. The van der Waals surface area contributed by atoms with Crippen LogP contribution in [0.5, 0.6) is 0 Å². The first kappa shape index (κ1) is 15.3. The van der Waals surface area contributed by atoms with Gasteiger partial charge in [-0.25, -0.2) is 0 Å². The van der Waals surface area contributed by atoms with Crippen LogP contribution in [-0.4, -0.2) is 22.4 Å². The van der Waals surface area contributed by atoms with Gasteiger partial charge in [0.05, 0.1) is 5.69 Å². The van der Waals surface area contributed by atoms with Crippen molar-refractivity contribution in [2.24, 2.45) is 0 Å². The highest BCUT2D eigenvalue weighted by atomic mass is 15.3. The van der Waals surface area contributed by atoms with E-state index in [2.05, 4.69) is 48.0 Å². The van der Waals surface area contributed by atoms with Crippen LogP contribution in [0.15, 0.2) is 17.7 Å². The molecule has 1 aromatic heterocycles. The number of nitrogens with zero attached hydrogens (tertiary/aromatic N) is 2. The summed E-state index contributed by atoms with van der Waals surface area (Å²) in [7, 11) is 0. The lowest BCUT2D eigenvalue weighted by Crippen LogP contribution is -2.32. The van der Waals surface area contributed by atoms with E-state index in [0.717, 1.165) is 25.2 Å². The van der Waals surface area contributed by atoms with Gasteiger partial charge in [-0.1, -0.05) is 18.6 Å². The first-order chi connectivity index (χ1) is 9.72. The van der Waals surface area contributed by atoms with Crippen molar-refractivity contribution in [2.75, 3.05) is 6.54 Å². The maximum absolute atomic E-state index is 4.56. The third kappa shape index (κ3) is 4.20. The number of likely N-dealkylation sites (N-methyl/N-ethyl adjacent to an activating group) is 1. The van der Waals surface area contributed by atoms with Crippen molar-refractivity contribution in [2.45, 2.75) is 71.9 Å². The fourth-order valence-electron chi connectivity index (χ4n) is 3.20. The molecule has 0 amide bonds. The zero-order valence-electron chi connectivity index (χ0n) is 13.3. The third-order valence-corrected chi connectivity index (χ3v) is 4.13. The molecule has 0 radical (unpaired) electrons. The van der Waals surface area contributed by atoms with Crippen LogP contribution in [0.4, 0.5) is 0 Å². The standard InChI is InChI=1S/C17H29N3/c1-4-18-16(12-15-9-7-6-8-10-15)13-17-11-14(3)19-20(17)5-2/h9,11,16,18H,4-8,10,12-13H2,1-3H3. The molecule has 3 heteroatoms. The third-order valence-electron chi connectivity index (χ3n) is 4.13. The summed E-state index contributed by atoms with van der Waals surface area (Å²) in [6.07, 6.45) is 10.1. The highest BCUT2D eigenvalue weighted by molar-refractivity contribution is 5.13. The Morgan fingerprint density at radius 1 is 1.30 bits per heavy atom. The van der Waals surface area contributed by atoms with E-state index in [1.54, 1.807) is 5.57 Å². The number of allylic oxidation sites excluding steroid dienone is 1. The monoisotopic (exact) mass is 275 g/mol. The van der Waals surface area contributed by atoms with Crippen LogP contribution >= 0.6 is 0 Å². The van der Waals surface area contributed by atoms with Crippen LogP contribution in [0.25, 0.3) is 0 Å². The van der Waals surface area contributed by atoms with E-state index < -0.39 is 0 Å². The number of aryl methyl sites for hydroxylation is 2. The van der Waals surface area contributed by atoms with E-state index in [0.29, 0.717) is 6.04 Å². The van der Waals surface area contributed by atoms with E-state index in [1.807, 2.05) is 0 Å². The van der Waals surface area contributed by atoms with Gasteiger partial charge in [-0.2, -0.15) is 5.10 Å². The van der Waals surface area contributed by atoms with Gasteiger partial charge in [0.1, 0.15) is 0 Å². The minimum Gasteiger partial charge on any atom is -0.314 e. The van der Waals surface area contributed by atoms with E-state index in [-0.39, 0.29) is 0 Å². The Kier molecular flexibility index (Phi) is 5.84. The van der Waals surface area contributed by atoms with Crippen LogP contribution in [0, 0.1) is 6.92 Å². The molecular weight excluding hydrogens is 246 g/mol. The maximum atomic E-state index is 4.56. The number of hydrogen-bond acceptors (Lipinski definition) is 2. The molecule has 0 bridgehead atoms. The summed E-state index contributed by atoms with van der Waals surface area (Å²) in [4.78, 5) is 0. The summed E-state index contributed by atoms with van der Waals surface area (Å²) in [6, 6.07) is 2.79. The van der Waals surface area contributed by atoms with Crippen molar-refractivity contribution < 1.29 is 0 Å². The van der Waals surface area contributed by atoms with Crippen molar-refractivity contribution in [3.05, 3.63) is 29.1 Å². The molecule has 0 saturated carbocycles. The highest BCUT2D eigenvalue weighted by Crippen LogP contribution is 2.22. The van der Waals surface area contributed by atoms with Crippen molar-refractivity contribution in [1.82, 2.24) is 15.1 Å². The molecule has 1 aromatic rings. The molecule has 112 valence electrons. The largest absolute Gasteiger partial charge is 0.314 e. The van der Waals surface area contributed by atoms with Gasteiger partial charge in [0.2, 0.25) is 0 Å². The van der Waals surface area contributed by atoms with Gasteiger partial charge >= 0.3 is 0 Å². The smallest absolute Gasteiger partial charge is 0.0596 e. The van der Waals surface area contributed by atoms with Crippen molar-refractivity contribution in [3.63, 3.8) is 0 Å². The second-order valence-electron chi connectivity index (χ2n) is 5.86. The molecule has 1 heterocycles. The molecule has 2 rings (SSSR count). The summed E-state index contributed by atoms with van der Waals surface area (Å²) < 4.78 is 2.15. The summed E-state index contributed by atoms with van der Waals surface area (Å²) in [5.74, 6) is 0. The molecule has 0 aromatic carbocycles. The number of aromatic nitrogens is 2. The second-order valence-corrected chi connectivity index (χ2v) is 5.86. The van der Waals surface area contributed by atoms with Crippen LogP contribution < -0.4 is 5.32 Å². The van der Waals surface area contributed by atoms with Gasteiger partial charge in [-0.3, -0.25) is 4.68 Å². The quantitative estimate of drug-likeness (QED) is 0.770. The molecule has 20 heavy (non-hydrogen) atoms. The van der Waals surface area contributed by atoms with E-state index in [9.17, 15) is 0 Å². The van der Waals surface area contributed by atoms with Gasteiger partial charge < -0.3 is 5.32 Å². The molecule has 0 fully saturated rings. The number of nitrogens with one attached hydrogen (secondary N) is 1.